The Morgan fingerprint density at radius 1 is 1.12 bits per heavy atom. The minimum Gasteiger partial charge on any atom is -0.481 e. The van der Waals surface area contributed by atoms with Crippen LogP contribution in [0.2, 0.25) is 0 Å². The molecule has 3 aromatic rings. The Balaban J connectivity index is 1.91. The van der Waals surface area contributed by atoms with Crippen LogP contribution in [-0.2, 0) is 6.42 Å². The number of anilines is 3. The van der Waals surface area contributed by atoms with E-state index in [9.17, 15) is 14.4 Å². The van der Waals surface area contributed by atoms with E-state index in [0.29, 0.717) is 12.1 Å². The number of rotatable bonds is 10. The maximum absolute atomic E-state index is 14.8. The summed E-state index contributed by atoms with van der Waals surface area (Å²) < 4.78 is 25.1. The van der Waals surface area contributed by atoms with Crippen molar-refractivity contribution < 1.29 is 23.8 Å². The average molecular weight is 466 g/mol. The first-order valence-electron chi connectivity index (χ1n) is 10.2. The summed E-state index contributed by atoms with van der Waals surface area (Å²) in [5, 5.41) is 26.7. The van der Waals surface area contributed by atoms with E-state index in [0.717, 1.165) is 11.6 Å². The van der Waals surface area contributed by atoms with Crippen LogP contribution in [0.3, 0.4) is 0 Å². The second-order valence-electron chi connectivity index (χ2n) is 7.11. The molecule has 1 amide bonds. The summed E-state index contributed by atoms with van der Waals surface area (Å²) >= 11 is 0. The quantitative estimate of drug-likeness (QED) is 0.353. The topological polar surface area (TPSA) is 141 Å². The van der Waals surface area contributed by atoms with Crippen molar-refractivity contribution in [2.24, 2.45) is 0 Å². The van der Waals surface area contributed by atoms with Crippen LogP contribution >= 0.6 is 0 Å². The molecule has 10 nitrogen and oxygen atoms in total. The summed E-state index contributed by atoms with van der Waals surface area (Å²) in [6, 6.07) is 14.9. The summed E-state index contributed by atoms with van der Waals surface area (Å²) in [7, 11) is 2.89. The number of nitriles is 1. The summed E-state index contributed by atoms with van der Waals surface area (Å²) in [6.07, 6.45) is -0.792. The summed E-state index contributed by atoms with van der Waals surface area (Å²) in [5.74, 6) is -0.263. The lowest BCUT2D eigenvalue weighted by molar-refractivity contribution is 0.194. The average Bonchev–Trinajstić information content (AvgIpc) is 2.84. The van der Waals surface area contributed by atoms with Gasteiger partial charge in [0.15, 0.2) is 17.5 Å². The first-order valence-corrected chi connectivity index (χ1v) is 10.2. The van der Waals surface area contributed by atoms with E-state index in [4.69, 9.17) is 14.6 Å². The standard InChI is InChI=1S/C23H23FN6O4/c1-33-19-10-16(11-20(29-19)34-2)27-21-15(12-25)9-18(24)22(30-21)28-17(13-26-23(31)32)8-14-6-4-3-5-7-14/h3-7,9-11,17,26H,8,13H2,1-2H3,(H,31,32)(H2,27,28,29,30). The van der Waals surface area contributed by atoms with Gasteiger partial charge >= 0.3 is 6.09 Å². The van der Waals surface area contributed by atoms with Gasteiger partial charge in [-0.1, -0.05) is 30.3 Å². The molecule has 0 saturated carbocycles. The minimum absolute atomic E-state index is 0.00681. The number of amides is 1. The van der Waals surface area contributed by atoms with Gasteiger partial charge in [-0.15, -0.1) is 0 Å². The predicted molar refractivity (Wildman–Crippen MR) is 123 cm³/mol. The molecule has 34 heavy (non-hydrogen) atoms. The van der Waals surface area contributed by atoms with Crippen molar-refractivity contribution in [3.63, 3.8) is 0 Å². The van der Waals surface area contributed by atoms with Crippen molar-refractivity contribution in [2.45, 2.75) is 12.5 Å². The van der Waals surface area contributed by atoms with Crippen molar-refractivity contribution in [1.29, 1.82) is 5.26 Å². The molecule has 1 unspecified atom stereocenters. The normalized spacial score (nSPS) is 11.1. The lowest BCUT2D eigenvalue weighted by Crippen LogP contribution is -2.37. The second kappa shape index (κ2) is 11.3. The molecule has 1 atom stereocenters. The molecule has 0 aliphatic rings. The summed E-state index contributed by atoms with van der Waals surface area (Å²) in [5.41, 5.74) is 1.36. The van der Waals surface area contributed by atoms with Gasteiger partial charge in [0.1, 0.15) is 6.07 Å². The number of ether oxygens (including phenoxy) is 2. The van der Waals surface area contributed by atoms with Crippen LogP contribution in [-0.4, -0.2) is 48.0 Å². The molecule has 0 spiro atoms. The monoisotopic (exact) mass is 466 g/mol. The third-order valence-electron chi connectivity index (χ3n) is 4.72. The largest absolute Gasteiger partial charge is 0.481 e. The zero-order valence-electron chi connectivity index (χ0n) is 18.5. The van der Waals surface area contributed by atoms with Crippen LogP contribution in [0.25, 0.3) is 0 Å². The fourth-order valence-electron chi connectivity index (χ4n) is 3.15. The van der Waals surface area contributed by atoms with E-state index in [1.807, 2.05) is 36.4 Å². The number of pyridine rings is 2. The van der Waals surface area contributed by atoms with Gasteiger partial charge in [0.2, 0.25) is 11.8 Å². The van der Waals surface area contributed by atoms with E-state index in [1.54, 1.807) is 12.1 Å². The number of nitrogens with one attached hydrogen (secondary N) is 3. The molecule has 2 heterocycles. The first-order chi connectivity index (χ1) is 16.4. The lowest BCUT2D eigenvalue weighted by Gasteiger charge is -2.21. The second-order valence-corrected chi connectivity index (χ2v) is 7.11. The Labute approximate surface area is 195 Å². The fraction of sp³-hybridized carbons (Fsp3) is 0.217. The van der Waals surface area contributed by atoms with E-state index in [-0.39, 0.29) is 35.5 Å². The van der Waals surface area contributed by atoms with Crippen LogP contribution in [0.1, 0.15) is 11.1 Å². The predicted octanol–water partition coefficient (Wildman–Crippen LogP) is 3.54. The number of nitrogens with zero attached hydrogens (tertiary/aromatic N) is 3. The molecule has 0 aliphatic carbocycles. The number of benzene rings is 1. The summed E-state index contributed by atoms with van der Waals surface area (Å²) in [4.78, 5) is 19.4. The highest BCUT2D eigenvalue weighted by molar-refractivity contribution is 5.67. The molecule has 4 N–H and O–H groups in total. The van der Waals surface area contributed by atoms with Crippen LogP contribution in [0.15, 0.2) is 48.5 Å². The third kappa shape index (κ3) is 6.46. The molecule has 176 valence electrons. The molecular weight excluding hydrogens is 443 g/mol. The maximum Gasteiger partial charge on any atom is 0.404 e. The van der Waals surface area contributed by atoms with Gasteiger partial charge in [0, 0.05) is 24.7 Å². The van der Waals surface area contributed by atoms with Gasteiger partial charge in [0.05, 0.1) is 25.5 Å². The highest BCUT2D eigenvalue weighted by Gasteiger charge is 2.18. The number of carboxylic acid groups (broad SMARTS) is 1. The van der Waals surface area contributed by atoms with Crippen LogP contribution < -0.4 is 25.4 Å². The molecule has 0 fully saturated rings. The molecule has 0 saturated heterocycles. The van der Waals surface area contributed by atoms with E-state index in [2.05, 4.69) is 25.9 Å². The van der Waals surface area contributed by atoms with Gasteiger partial charge in [-0.3, -0.25) is 0 Å². The molecule has 2 aromatic heterocycles. The van der Waals surface area contributed by atoms with Gasteiger partial charge < -0.3 is 30.5 Å². The maximum atomic E-state index is 14.8. The molecular formula is C23H23FN6O4. The summed E-state index contributed by atoms with van der Waals surface area (Å²) in [6.45, 7) is 0.00681. The zero-order valence-corrected chi connectivity index (χ0v) is 18.5. The Morgan fingerprint density at radius 2 is 1.79 bits per heavy atom. The van der Waals surface area contributed by atoms with Crippen molar-refractivity contribution in [1.82, 2.24) is 15.3 Å². The van der Waals surface area contributed by atoms with Crippen LogP contribution in [0.4, 0.5) is 26.5 Å². The Hall–Kier alpha value is -4.59. The Bertz CT molecular complexity index is 1160. The Morgan fingerprint density at radius 3 is 2.38 bits per heavy atom. The number of methoxy groups -OCH3 is 2. The highest BCUT2D eigenvalue weighted by Crippen LogP contribution is 2.27. The SMILES string of the molecule is COc1cc(Nc2nc(NC(CNC(=O)O)Cc3ccccc3)c(F)cc2C#N)cc(OC)n1. The first kappa shape index (κ1) is 24.1. The molecule has 11 heteroatoms. The number of hydrogen-bond acceptors (Lipinski definition) is 8. The molecule has 0 bridgehead atoms. The van der Waals surface area contributed by atoms with E-state index < -0.39 is 18.0 Å². The number of aromatic nitrogens is 2. The molecule has 0 aliphatic heterocycles. The minimum atomic E-state index is -1.20. The van der Waals surface area contributed by atoms with Gasteiger partial charge in [-0.05, 0) is 18.1 Å². The fourth-order valence-corrected chi connectivity index (χ4v) is 3.15. The highest BCUT2D eigenvalue weighted by atomic mass is 19.1. The van der Waals surface area contributed by atoms with Crippen LogP contribution in [0.5, 0.6) is 11.8 Å². The lowest BCUT2D eigenvalue weighted by atomic mass is 10.1. The number of carbonyl (C=O) groups is 1. The molecule has 3 rings (SSSR count). The van der Waals surface area contributed by atoms with Crippen molar-refractivity contribution in [3.8, 4) is 17.8 Å². The number of halogens is 1. The zero-order chi connectivity index (χ0) is 24.5. The third-order valence-corrected chi connectivity index (χ3v) is 4.72. The van der Waals surface area contributed by atoms with Gasteiger partial charge in [0.25, 0.3) is 0 Å². The van der Waals surface area contributed by atoms with Gasteiger partial charge in [-0.25, -0.2) is 14.2 Å². The smallest absolute Gasteiger partial charge is 0.404 e. The molecule has 1 aromatic carbocycles. The van der Waals surface area contributed by atoms with Crippen LogP contribution in [0, 0.1) is 17.1 Å². The Kier molecular flexibility index (Phi) is 8.02. The van der Waals surface area contributed by atoms with Crippen molar-refractivity contribution in [2.75, 3.05) is 31.4 Å². The van der Waals surface area contributed by atoms with Crippen molar-refractivity contribution >= 4 is 23.4 Å². The van der Waals surface area contributed by atoms with E-state index >= 15 is 0 Å². The van der Waals surface area contributed by atoms with Gasteiger partial charge in [-0.2, -0.15) is 10.2 Å². The number of hydrogen-bond donors (Lipinski definition) is 4. The molecule has 0 radical (unpaired) electrons. The van der Waals surface area contributed by atoms with Crippen molar-refractivity contribution in [3.05, 3.63) is 65.5 Å². The van der Waals surface area contributed by atoms with E-state index in [1.165, 1.54) is 14.2 Å².